The molecule has 2 heterocycles. The first-order valence-electron chi connectivity index (χ1n) is 10.2. The lowest BCUT2D eigenvalue weighted by molar-refractivity contribution is 0.302. The number of pyridine rings is 1. The first-order valence-corrected chi connectivity index (χ1v) is 10.2. The van der Waals surface area contributed by atoms with Crippen molar-refractivity contribution in [3.8, 4) is 5.75 Å². The number of methoxy groups -OCH3 is 1. The second-order valence-corrected chi connectivity index (χ2v) is 9.55. The SMILES string of the molecule is COc1ccccc1C=Cc1nc2c(C)cccn2c1NC(C)(C)CC(C)(C)C. The number of para-hydroxylation sites is 1. The fourth-order valence-electron chi connectivity index (χ4n) is 4.13. The summed E-state index contributed by atoms with van der Waals surface area (Å²) < 4.78 is 7.64. The van der Waals surface area contributed by atoms with E-state index in [4.69, 9.17) is 9.72 Å². The molecule has 0 amide bonds. The Labute approximate surface area is 174 Å². The summed E-state index contributed by atoms with van der Waals surface area (Å²) in [6.45, 7) is 13.4. The van der Waals surface area contributed by atoms with Gasteiger partial charge >= 0.3 is 0 Å². The van der Waals surface area contributed by atoms with E-state index in [-0.39, 0.29) is 11.0 Å². The molecule has 0 aliphatic carbocycles. The van der Waals surface area contributed by atoms with E-state index < -0.39 is 0 Å². The van der Waals surface area contributed by atoms with Crippen molar-refractivity contribution in [2.75, 3.05) is 12.4 Å². The van der Waals surface area contributed by atoms with Crippen LogP contribution in [0.25, 0.3) is 17.8 Å². The third-order valence-electron chi connectivity index (χ3n) is 4.86. The van der Waals surface area contributed by atoms with E-state index in [0.29, 0.717) is 0 Å². The summed E-state index contributed by atoms with van der Waals surface area (Å²) in [5, 5.41) is 3.78. The average Bonchev–Trinajstić information content (AvgIpc) is 2.96. The van der Waals surface area contributed by atoms with E-state index in [9.17, 15) is 0 Å². The smallest absolute Gasteiger partial charge is 0.142 e. The van der Waals surface area contributed by atoms with Gasteiger partial charge in [0.2, 0.25) is 0 Å². The molecule has 0 saturated carbocycles. The molecule has 0 aliphatic heterocycles. The van der Waals surface area contributed by atoms with Crippen LogP contribution in [0.5, 0.6) is 5.75 Å². The van der Waals surface area contributed by atoms with Gasteiger partial charge in [0, 0.05) is 17.3 Å². The highest BCUT2D eigenvalue weighted by Gasteiger charge is 2.27. The van der Waals surface area contributed by atoms with Crippen molar-refractivity contribution < 1.29 is 4.74 Å². The summed E-state index contributed by atoms with van der Waals surface area (Å²) in [4.78, 5) is 4.94. The number of nitrogens with one attached hydrogen (secondary N) is 1. The van der Waals surface area contributed by atoms with Crippen LogP contribution in [0, 0.1) is 12.3 Å². The molecule has 0 aliphatic rings. The number of aryl methyl sites for hydroxylation is 1. The molecular formula is C25H33N3O. The minimum Gasteiger partial charge on any atom is -0.496 e. The number of nitrogens with zero attached hydrogens (tertiary/aromatic N) is 2. The number of imidazole rings is 1. The fraction of sp³-hybridized carbons (Fsp3) is 0.400. The highest BCUT2D eigenvalue weighted by atomic mass is 16.5. The minimum atomic E-state index is -0.0784. The van der Waals surface area contributed by atoms with Gasteiger partial charge in [0.1, 0.15) is 22.9 Å². The van der Waals surface area contributed by atoms with Gasteiger partial charge < -0.3 is 10.1 Å². The lowest BCUT2D eigenvalue weighted by Gasteiger charge is -2.34. The van der Waals surface area contributed by atoms with Crippen LogP contribution in [0.4, 0.5) is 5.82 Å². The van der Waals surface area contributed by atoms with Gasteiger partial charge in [0.25, 0.3) is 0 Å². The zero-order valence-electron chi connectivity index (χ0n) is 18.7. The number of anilines is 1. The number of hydrogen-bond donors (Lipinski definition) is 1. The van der Waals surface area contributed by atoms with E-state index in [1.54, 1.807) is 7.11 Å². The highest BCUT2D eigenvalue weighted by Crippen LogP contribution is 2.32. The van der Waals surface area contributed by atoms with Crippen molar-refractivity contribution in [3.05, 3.63) is 59.4 Å². The van der Waals surface area contributed by atoms with Crippen LogP contribution in [0.3, 0.4) is 0 Å². The Balaban J connectivity index is 2.06. The number of rotatable bonds is 6. The van der Waals surface area contributed by atoms with Gasteiger partial charge in [-0.3, -0.25) is 4.40 Å². The molecule has 4 heteroatoms. The number of ether oxygens (including phenoxy) is 1. The molecule has 0 radical (unpaired) electrons. The van der Waals surface area contributed by atoms with Crippen LogP contribution < -0.4 is 10.1 Å². The van der Waals surface area contributed by atoms with Crippen LogP contribution in [0.1, 0.15) is 57.9 Å². The molecule has 0 unspecified atom stereocenters. The number of benzene rings is 1. The van der Waals surface area contributed by atoms with E-state index >= 15 is 0 Å². The van der Waals surface area contributed by atoms with E-state index in [2.05, 4.69) is 81.7 Å². The van der Waals surface area contributed by atoms with Crippen molar-refractivity contribution in [2.45, 2.75) is 53.5 Å². The molecule has 0 bridgehead atoms. The van der Waals surface area contributed by atoms with Crippen molar-refractivity contribution >= 4 is 23.6 Å². The van der Waals surface area contributed by atoms with Crippen LogP contribution in [-0.4, -0.2) is 22.0 Å². The Morgan fingerprint density at radius 2 is 1.76 bits per heavy atom. The second kappa shape index (κ2) is 7.94. The second-order valence-electron chi connectivity index (χ2n) is 9.55. The van der Waals surface area contributed by atoms with Crippen molar-refractivity contribution in [3.63, 3.8) is 0 Å². The Bertz CT molecular complexity index is 1020. The molecule has 3 rings (SSSR count). The highest BCUT2D eigenvalue weighted by molar-refractivity contribution is 5.78. The molecule has 4 nitrogen and oxygen atoms in total. The molecule has 2 aromatic heterocycles. The standard InChI is InChI=1S/C25H33N3O/c1-18-11-10-16-28-22(18)26-20(15-14-19-12-8-9-13-21(19)29-7)23(28)27-25(5,6)17-24(2,3)4/h8-16,27H,17H2,1-7H3. The third kappa shape index (κ3) is 5.00. The van der Waals surface area contributed by atoms with Crippen LogP contribution in [0.15, 0.2) is 42.6 Å². The summed E-state index contributed by atoms with van der Waals surface area (Å²) in [6, 6.07) is 12.2. The summed E-state index contributed by atoms with van der Waals surface area (Å²) in [7, 11) is 1.70. The fourth-order valence-corrected chi connectivity index (χ4v) is 4.13. The quantitative estimate of drug-likeness (QED) is 0.525. The van der Waals surface area contributed by atoms with Crippen molar-refractivity contribution in [1.29, 1.82) is 0 Å². The van der Waals surface area contributed by atoms with Gasteiger partial charge in [0.05, 0.1) is 7.11 Å². The Morgan fingerprint density at radius 3 is 2.45 bits per heavy atom. The Kier molecular flexibility index (Phi) is 5.74. The maximum atomic E-state index is 5.48. The molecule has 0 saturated heterocycles. The maximum Gasteiger partial charge on any atom is 0.142 e. The summed E-state index contributed by atoms with van der Waals surface area (Å²) in [5.74, 6) is 1.87. The van der Waals surface area contributed by atoms with Crippen LogP contribution >= 0.6 is 0 Å². The molecule has 0 spiro atoms. The van der Waals surface area contributed by atoms with Gasteiger partial charge in [-0.1, -0.05) is 45.0 Å². The first-order chi connectivity index (χ1) is 13.6. The van der Waals surface area contributed by atoms with Gasteiger partial charge in [-0.05, 0) is 62.5 Å². The van der Waals surface area contributed by atoms with Gasteiger partial charge in [-0.25, -0.2) is 4.98 Å². The molecular weight excluding hydrogens is 358 g/mol. The topological polar surface area (TPSA) is 38.6 Å². The molecule has 154 valence electrons. The van der Waals surface area contributed by atoms with Gasteiger partial charge in [0.15, 0.2) is 0 Å². The van der Waals surface area contributed by atoms with Crippen LogP contribution in [-0.2, 0) is 0 Å². The number of aromatic nitrogens is 2. The number of fused-ring (bicyclic) bond motifs is 1. The Morgan fingerprint density at radius 1 is 1.03 bits per heavy atom. The van der Waals surface area contributed by atoms with E-state index in [1.807, 2.05) is 24.3 Å². The van der Waals surface area contributed by atoms with Crippen molar-refractivity contribution in [2.24, 2.45) is 5.41 Å². The Hall–Kier alpha value is -2.75. The summed E-state index contributed by atoms with van der Waals surface area (Å²) >= 11 is 0. The lowest BCUT2D eigenvalue weighted by atomic mass is 9.82. The molecule has 3 aromatic rings. The molecule has 29 heavy (non-hydrogen) atoms. The minimum absolute atomic E-state index is 0.0784. The van der Waals surface area contributed by atoms with Gasteiger partial charge in [-0.2, -0.15) is 0 Å². The lowest BCUT2D eigenvalue weighted by Crippen LogP contribution is -2.36. The first kappa shape index (κ1) is 21.0. The predicted molar refractivity (Wildman–Crippen MR) is 124 cm³/mol. The molecule has 0 atom stereocenters. The van der Waals surface area contributed by atoms with Crippen molar-refractivity contribution in [1.82, 2.24) is 9.38 Å². The van der Waals surface area contributed by atoms with E-state index in [0.717, 1.165) is 40.5 Å². The van der Waals surface area contributed by atoms with Crippen LogP contribution in [0.2, 0.25) is 0 Å². The number of hydrogen-bond acceptors (Lipinski definition) is 3. The monoisotopic (exact) mass is 391 g/mol. The van der Waals surface area contributed by atoms with Gasteiger partial charge in [-0.15, -0.1) is 0 Å². The molecule has 1 aromatic carbocycles. The summed E-state index contributed by atoms with van der Waals surface area (Å²) in [5.41, 5.74) is 4.23. The largest absolute Gasteiger partial charge is 0.496 e. The average molecular weight is 392 g/mol. The maximum absolute atomic E-state index is 5.48. The molecule has 0 fully saturated rings. The zero-order valence-corrected chi connectivity index (χ0v) is 18.7. The third-order valence-corrected chi connectivity index (χ3v) is 4.86. The normalized spacial score (nSPS) is 12.7. The predicted octanol–water partition coefficient (Wildman–Crippen LogP) is 6.45. The molecule has 1 N–H and O–H groups in total. The zero-order chi connectivity index (χ0) is 21.2. The van der Waals surface area contributed by atoms with E-state index in [1.165, 1.54) is 0 Å². The summed E-state index contributed by atoms with van der Waals surface area (Å²) in [6.07, 6.45) is 7.25.